The standard InChI is InChI=1S/C21H19Cl3O3/c22-16-8-4-13(5-9-16)17-3-1-2-15(17)12-27-18-10-6-14(7-11-19(25)26)20(23)21(18)24/h4-6,8-10H,1-3,7,11-12H2,(H,25,26). The smallest absolute Gasteiger partial charge is 0.303 e. The lowest BCUT2D eigenvalue weighted by atomic mass is 10.0. The van der Waals surface area contributed by atoms with Gasteiger partial charge in [0.2, 0.25) is 0 Å². The Labute approximate surface area is 173 Å². The fourth-order valence-electron chi connectivity index (χ4n) is 3.25. The molecule has 0 unspecified atom stereocenters. The third-order valence-electron chi connectivity index (χ3n) is 4.66. The van der Waals surface area contributed by atoms with Gasteiger partial charge in [0.1, 0.15) is 17.4 Å². The summed E-state index contributed by atoms with van der Waals surface area (Å²) in [6.45, 7) is 0.447. The third-order valence-corrected chi connectivity index (χ3v) is 5.82. The Morgan fingerprint density at radius 3 is 2.44 bits per heavy atom. The van der Waals surface area contributed by atoms with E-state index in [-0.39, 0.29) is 6.42 Å². The van der Waals surface area contributed by atoms with E-state index < -0.39 is 5.97 Å². The van der Waals surface area contributed by atoms with Crippen LogP contribution in [0.15, 0.2) is 42.0 Å². The van der Waals surface area contributed by atoms with E-state index in [1.807, 2.05) is 24.3 Å². The number of carboxylic acid groups (broad SMARTS) is 1. The summed E-state index contributed by atoms with van der Waals surface area (Å²) >= 11 is 18.6. The third kappa shape index (κ3) is 4.98. The summed E-state index contributed by atoms with van der Waals surface area (Å²) in [6.07, 6.45) is 3.44. The Hall–Kier alpha value is -1.68. The number of aryl methyl sites for hydroxylation is 1. The number of hydrogen-bond donors (Lipinski definition) is 1. The van der Waals surface area contributed by atoms with Crippen molar-refractivity contribution in [2.24, 2.45) is 0 Å². The van der Waals surface area contributed by atoms with Crippen LogP contribution >= 0.6 is 34.8 Å². The lowest BCUT2D eigenvalue weighted by Gasteiger charge is -2.14. The Kier molecular flexibility index (Phi) is 6.69. The molecule has 0 aromatic heterocycles. The highest BCUT2D eigenvalue weighted by atomic mass is 35.5. The Balaban J connectivity index is 1.74. The molecule has 0 saturated heterocycles. The number of aliphatic carboxylic acids is 1. The van der Waals surface area contributed by atoms with Crippen LogP contribution in [0.4, 0.5) is 0 Å². The average molecular weight is 426 g/mol. The van der Waals surface area contributed by atoms with Gasteiger partial charge in [-0.25, -0.2) is 0 Å². The van der Waals surface area contributed by atoms with Crippen LogP contribution in [0.3, 0.4) is 0 Å². The van der Waals surface area contributed by atoms with Gasteiger partial charge in [-0.15, -0.1) is 0 Å². The van der Waals surface area contributed by atoms with Crippen molar-refractivity contribution in [2.45, 2.75) is 32.1 Å². The molecule has 0 bridgehead atoms. The molecule has 1 N–H and O–H groups in total. The van der Waals surface area contributed by atoms with E-state index in [0.717, 1.165) is 24.3 Å². The number of halogens is 3. The van der Waals surface area contributed by atoms with E-state index in [0.29, 0.717) is 34.4 Å². The van der Waals surface area contributed by atoms with E-state index >= 15 is 0 Å². The maximum absolute atomic E-state index is 10.7. The first-order valence-corrected chi connectivity index (χ1v) is 9.87. The molecule has 0 saturated carbocycles. The number of allylic oxidation sites excluding steroid dienone is 1. The molecule has 1 aliphatic rings. The molecule has 0 aliphatic heterocycles. The van der Waals surface area contributed by atoms with Crippen molar-refractivity contribution >= 4 is 46.3 Å². The van der Waals surface area contributed by atoms with Gasteiger partial charge in [-0.1, -0.05) is 53.0 Å². The minimum atomic E-state index is -0.870. The maximum atomic E-state index is 10.7. The number of ether oxygens (including phenoxy) is 1. The molecule has 6 heteroatoms. The number of rotatable bonds is 7. The van der Waals surface area contributed by atoms with Crippen molar-refractivity contribution in [3.8, 4) is 5.75 Å². The number of hydrogen-bond acceptors (Lipinski definition) is 2. The normalized spacial score (nSPS) is 13.9. The zero-order valence-electron chi connectivity index (χ0n) is 14.6. The molecule has 2 aromatic rings. The molecule has 142 valence electrons. The highest BCUT2D eigenvalue weighted by Gasteiger charge is 2.18. The van der Waals surface area contributed by atoms with Crippen LogP contribution < -0.4 is 4.74 Å². The first kappa shape index (κ1) is 20.1. The minimum Gasteiger partial charge on any atom is -0.488 e. The second-order valence-electron chi connectivity index (χ2n) is 6.48. The predicted molar refractivity (Wildman–Crippen MR) is 110 cm³/mol. The van der Waals surface area contributed by atoms with Crippen LogP contribution in [0.25, 0.3) is 5.57 Å². The molecule has 3 rings (SSSR count). The van der Waals surface area contributed by atoms with Crippen molar-refractivity contribution in [1.29, 1.82) is 0 Å². The minimum absolute atomic E-state index is 0.00753. The highest BCUT2D eigenvalue weighted by Crippen LogP contribution is 2.38. The lowest BCUT2D eigenvalue weighted by molar-refractivity contribution is -0.136. The first-order valence-electron chi connectivity index (χ1n) is 8.74. The maximum Gasteiger partial charge on any atom is 0.303 e. The van der Waals surface area contributed by atoms with Crippen LogP contribution in [0.1, 0.15) is 36.8 Å². The molecule has 1 aliphatic carbocycles. The van der Waals surface area contributed by atoms with E-state index in [1.165, 1.54) is 16.7 Å². The van der Waals surface area contributed by atoms with Crippen LogP contribution in [-0.2, 0) is 11.2 Å². The van der Waals surface area contributed by atoms with Gasteiger partial charge in [-0.2, -0.15) is 0 Å². The zero-order valence-corrected chi connectivity index (χ0v) is 16.9. The van der Waals surface area contributed by atoms with Crippen molar-refractivity contribution in [2.75, 3.05) is 6.61 Å². The van der Waals surface area contributed by atoms with Crippen LogP contribution in [0.5, 0.6) is 5.75 Å². The molecule has 3 nitrogen and oxygen atoms in total. The molecular formula is C21H19Cl3O3. The summed E-state index contributed by atoms with van der Waals surface area (Å²) in [7, 11) is 0. The van der Waals surface area contributed by atoms with Crippen LogP contribution in [0.2, 0.25) is 15.1 Å². The van der Waals surface area contributed by atoms with Gasteiger partial charge in [0, 0.05) is 11.4 Å². The van der Waals surface area contributed by atoms with Crippen molar-refractivity contribution < 1.29 is 14.6 Å². The molecule has 2 aromatic carbocycles. The fraction of sp³-hybridized carbons (Fsp3) is 0.286. The van der Waals surface area contributed by atoms with Crippen LogP contribution in [0, 0.1) is 0 Å². The quantitative estimate of drug-likeness (QED) is 0.538. The summed E-state index contributed by atoms with van der Waals surface area (Å²) in [5.41, 5.74) is 4.42. The fourth-order valence-corrected chi connectivity index (χ4v) is 3.86. The highest BCUT2D eigenvalue weighted by molar-refractivity contribution is 6.43. The summed E-state index contributed by atoms with van der Waals surface area (Å²) in [4.78, 5) is 10.7. The molecule has 0 heterocycles. The summed E-state index contributed by atoms with van der Waals surface area (Å²) in [5, 5.41) is 10.2. The Bertz CT molecular complexity index is 873. The summed E-state index contributed by atoms with van der Waals surface area (Å²) in [5.74, 6) is -0.360. The van der Waals surface area contributed by atoms with Crippen molar-refractivity contribution in [1.82, 2.24) is 0 Å². The van der Waals surface area contributed by atoms with Gasteiger partial charge >= 0.3 is 5.97 Å². The SMILES string of the molecule is O=C(O)CCc1ccc(OCC2=C(c3ccc(Cl)cc3)CCC2)c(Cl)c1Cl. The topological polar surface area (TPSA) is 46.5 Å². The zero-order chi connectivity index (χ0) is 19.4. The lowest BCUT2D eigenvalue weighted by Crippen LogP contribution is -2.03. The second-order valence-corrected chi connectivity index (χ2v) is 7.67. The molecule has 0 amide bonds. The van der Waals surface area contributed by atoms with Gasteiger partial charge in [-0.3, -0.25) is 4.79 Å². The Morgan fingerprint density at radius 1 is 1.00 bits per heavy atom. The van der Waals surface area contributed by atoms with E-state index in [1.54, 1.807) is 12.1 Å². The van der Waals surface area contributed by atoms with E-state index in [4.69, 9.17) is 44.6 Å². The number of carboxylic acids is 1. The second kappa shape index (κ2) is 9.01. The van der Waals surface area contributed by atoms with Gasteiger partial charge in [0.05, 0.1) is 5.02 Å². The predicted octanol–water partition coefficient (Wildman–Crippen LogP) is 6.68. The summed E-state index contributed by atoms with van der Waals surface area (Å²) in [6, 6.07) is 11.4. The van der Waals surface area contributed by atoms with Crippen molar-refractivity contribution in [3.05, 3.63) is 68.2 Å². The number of carbonyl (C=O) groups is 1. The van der Waals surface area contributed by atoms with Gasteiger partial charge in [0.15, 0.2) is 0 Å². The van der Waals surface area contributed by atoms with Gasteiger partial charge in [0.25, 0.3) is 0 Å². The summed E-state index contributed by atoms with van der Waals surface area (Å²) < 4.78 is 5.94. The van der Waals surface area contributed by atoms with Crippen LogP contribution in [-0.4, -0.2) is 17.7 Å². The monoisotopic (exact) mass is 424 g/mol. The molecule has 27 heavy (non-hydrogen) atoms. The molecule has 0 atom stereocenters. The molecule has 0 fully saturated rings. The number of benzene rings is 2. The van der Waals surface area contributed by atoms with Gasteiger partial charge < -0.3 is 9.84 Å². The van der Waals surface area contributed by atoms with Crippen molar-refractivity contribution in [3.63, 3.8) is 0 Å². The van der Waals surface area contributed by atoms with E-state index in [9.17, 15) is 4.79 Å². The van der Waals surface area contributed by atoms with Gasteiger partial charge in [-0.05, 0) is 66.2 Å². The van der Waals surface area contributed by atoms with E-state index in [2.05, 4.69) is 0 Å². The average Bonchev–Trinajstić information content (AvgIpc) is 3.11. The molecule has 0 spiro atoms. The molecule has 0 radical (unpaired) electrons. The Morgan fingerprint density at radius 2 is 1.74 bits per heavy atom. The molecular weight excluding hydrogens is 407 g/mol. The largest absolute Gasteiger partial charge is 0.488 e. The first-order chi connectivity index (χ1) is 13.0.